The highest BCUT2D eigenvalue weighted by atomic mass is 32.2. The van der Waals surface area contributed by atoms with Crippen LogP contribution in [0.5, 0.6) is 5.75 Å². The quantitative estimate of drug-likeness (QED) is 0.784. The second kappa shape index (κ2) is 7.53. The predicted octanol–water partition coefficient (Wildman–Crippen LogP) is 1.72. The standard InChI is InChI=1S/C16H18N6O2S/c1-24-13-6-4-12(5-7-13)22-15(19-20-21-22)25-10-14(23)18-16(11-17)8-2-3-9-16/h4-7H,2-3,8-10H2,1H3,(H,18,23). The van der Waals surface area contributed by atoms with Crippen LogP contribution in [0.3, 0.4) is 0 Å². The first-order valence-corrected chi connectivity index (χ1v) is 8.92. The Morgan fingerprint density at radius 1 is 1.40 bits per heavy atom. The zero-order valence-corrected chi connectivity index (χ0v) is 14.6. The number of benzene rings is 1. The van der Waals surface area contributed by atoms with Gasteiger partial charge in [0.25, 0.3) is 0 Å². The Hall–Kier alpha value is -2.60. The number of ether oxygens (including phenoxy) is 1. The summed E-state index contributed by atoms with van der Waals surface area (Å²) in [6, 6.07) is 9.55. The number of methoxy groups -OCH3 is 1. The van der Waals surface area contributed by atoms with Crippen molar-refractivity contribution >= 4 is 17.7 Å². The Kier molecular flexibility index (Phi) is 5.19. The van der Waals surface area contributed by atoms with Gasteiger partial charge in [0.2, 0.25) is 11.1 Å². The molecule has 1 aliphatic carbocycles. The van der Waals surface area contributed by atoms with Crippen LogP contribution >= 0.6 is 11.8 Å². The van der Waals surface area contributed by atoms with E-state index in [2.05, 4.69) is 26.9 Å². The molecule has 1 heterocycles. The van der Waals surface area contributed by atoms with E-state index >= 15 is 0 Å². The molecule has 1 N–H and O–H groups in total. The molecule has 9 heteroatoms. The number of rotatable bonds is 6. The third-order valence-corrected chi connectivity index (χ3v) is 5.06. The molecule has 0 unspecified atom stereocenters. The van der Waals surface area contributed by atoms with Crippen LogP contribution in [0, 0.1) is 11.3 Å². The Labute approximate surface area is 149 Å². The number of tetrazole rings is 1. The first kappa shape index (κ1) is 17.2. The number of thioether (sulfide) groups is 1. The van der Waals surface area contributed by atoms with Gasteiger partial charge < -0.3 is 10.1 Å². The van der Waals surface area contributed by atoms with Gasteiger partial charge in [-0.15, -0.1) is 5.10 Å². The van der Waals surface area contributed by atoms with Gasteiger partial charge in [-0.2, -0.15) is 9.94 Å². The highest BCUT2D eigenvalue weighted by Gasteiger charge is 2.35. The molecule has 0 bridgehead atoms. The van der Waals surface area contributed by atoms with Crippen molar-refractivity contribution in [3.63, 3.8) is 0 Å². The molecule has 25 heavy (non-hydrogen) atoms. The summed E-state index contributed by atoms with van der Waals surface area (Å²) >= 11 is 1.23. The molecule has 1 amide bonds. The van der Waals surface area contributed by atoms with Crippen LogP contribution in [-0.4, -0.2) is 44.5 Å². The number of nitrogens with zero attached hydrogens (tertiary/aromatic N) is 5. The third kappa shape index (κ3) is 3.91. The lowest BCUT2D eigenvalue weighted by Crippen LogP contribution is -2.45. The highest BCUT2D eigenvalue weighted by Crippen LogP contribution is 2.29. The number of carbonyl (C=O) groups is 1. The van der Waals surface area contributed by atoms with Crippen LogP contribution in [0.15, 0.2) is 29.4 Å². The Morgan fingerprint density at radius 3 is 2.76 bits per heavy atom. The van der Waals surface area contributed by atoms with E-state index in [1.54, 1.807) is 11.8 Å². The zero-order valence-electron chi connectivity index (χ0n) is 13.8. The maximum absolute atomic E-state index is 12.2. The molecular weight excluding hydrogens is 340 g/mol. The number of nitrogens with one attached hydrogen (secondary N) is 1. The van der Waals surface area contributed by atoms with E-state index < -0.39 is 5.54 Å². The van der Waals surface area contributed by atoms with Crippen LogP contribution in [0.2, 0.25) is 0 Å². The molecule has 0 radical (unpaired) electrons. The molecular formula is C16H18N6O2S. The van der Waals surface area contributed by atoms with Gasteiger partial charge in [0, 0.05) is 0 Å². The predicted molar refractivity (Wildman–Crippen MR) is 91.4 cm³/mol. The second-order valence-electron chi connectivity index (χ2n) is 5.81. The molecule has 1 fully saturated rings. The Balaban J connectivity index is 1.63. The molecule has 130 valence electrons. The molecule has 8 nitrogen and oxygen atoms in total. The molecule has 2 aromatic rings. The number of hydrogen-bond donors (Lipinski definition) is 1. The van der Waals surface area contributed by atoms with E-state index in [4.69, 9.17) is 4.74 Å². The summed E-state index contributed by atoms with van der Waals surface area (Å²) in [5.41, 5.74) is 0.0671. The van der Waals surface area contributed by atoms with E-state index in [1.807, 2.05) is 24.3 Å². The molecule has 0 saturated heterocycles. The van der Waals surface area contributed by atoms with Crippen molar-refractivity contribution < 1.29 is 9.53 Å². The Morgan fingerprint density at radius 2 is 2.12 bits per heavy atom. The number of carbonyl (C=O) groups excluding carboxylic acids is 1. The van der Waals surface area contributed by atoms with Gasteiger partial charge in [0.1, 0.15) is 11.3 Å². The lowest BCUT2D eigenvalue weighted by molar-refractivity contribution is -0.119. The van der Waals surface area contributed by atoms with Crippen molar-refractivity contribution in [2.24, 2.45) is 0 Å². The van der Waals surface area contributed by atoms with Crippen LogP contribution in [0.1, 0.15) is 25.7 Å². The van der Waals surface area contributed by atoms with Crippen LogP contribution < -0.4 is 10.1 Å². The van der Waals surface area contributed by atoms with E-state index in [1.165, 1.54) is 11.8 Å². The Bertz CT molecular complexity index is 777. The normalized spacial score (nSPS) is 15.5. The SMILES string of the molecule is COc1ccc(-n2nnnc2SCC(=O)NC2(C#N)CCCC2)cc1. The van der Waals surface area contributed by atoms with Crippen molar-refractivity contribution in [2.45, 2.75) is 36.4 Å². The van der Waals surface area contributed by atoms with Crippen molar-refractivity contribution in [3.8, 4) is 17.5 Å². The number of amides is 1. The molecule has 0 aliphatic heterocycles. The lowest BCUT2D eigenvalue weighted by atomic mass is 10.0. The second-order valence-corrected chi connectivity index (χ2v) is 6.75. The lowest BCUT2D eigenvalue weighted by Gasteiger charge is -2.21. The van der Waals surface area contributed by atoms with E-state index in [9.17, 15) is 10.1 Å². The molecule has 3 rings (SSSR count). The summed E-state index contributed by atoms with van der Waals surface area (Å²) < 4.78 is 6.70. The molecule has 1 aromatic heterocycles. The minimum Gasteiger partial charge on any atom is -0.497 e. The van der Waals surface area contributed by atoms with Gasteiger partial charge in [-0.05, 0) is 60.4 Å². The van der Waals surface area contributed by atoms with Gasteiger partial charge in [-0.1, -0.05) is 11.8 Å². The summed E-state index contributed by atoms with van der Waals surface area (Å²) in [5.74, 6) is 0.710. The number of nitriles is 1. The van der Waals surface area contributed by atoms with Crippen LogP contribution in [-0.2, 0) is 4.79 Å². The van der Waals surface area contributed by atoms with Gasteiger partial charge in [0.15, 0.2) is 0 Å². The van der Waals surface area contributed by atoms with Crippen LogP contribution in [0.4, 0.5) is 0 Å². The summed E-state index contributed by atoms with van der Waals surface area (Å²) in [5, 5.41) is 24.3. The molecule has 1 aromatic carbocycles. The van der Waals surface area contributed by atoms with Gasteiger partial charge in [0.05, 0.1) is 24.6 Å². The fourth-order valence-corrected chi connectivity index (χ4v) is 3.52. The minimum absolute atomic E-state index is 0.153. The summed E-state index contributed by atoms with van der Waals surface area (Å²) in [6.07, 6.45) is 3.36. The van der Waals surface area contributed by atoms with Gasteiger partial charge >= 0.3 is 0 Å². The maximum Gasteiger partial charge on any atom is 0.231 e. The average molecular weight is 358 g/mol. The fraction of sp³-hybridized carbons (Fsp3) is 0.438. The van der Waals surface area contributed by atoms with Gasteiger partial charge in [-0.3, -0.25) is 4.79 Å². The van der Waals surface area contributed by atoms with E-state index in [0.717, 1.165) is 24.3 Å². The topological polar surface area (TPSA) is 106 Å². The van der Waals surface area contributed by atoms with E-state index in [-0.39, 0.29) is 11.7 Å². The first-order valence-electron chi connectivity index (χ1n) is 7.94. The average Bonchev–Trinajstić information content (AvgIpc) is 3.30. The van der Waals surface area contributed by atoms with Gasteiger partial charge in [-0.25, -0.2) is 0 Å². The summed E-state index contributed by atoms with van der Waals surface area (Å²) in [4.78, 5) is 12.2. The van der Waals surface area contributed by atoms with Crippen molar-refractivity contribution in [1.82, 2.24) is 25.5 Å². The molecule has 0 spiro atoms. The van der Waals surface area contributed by atoms with Crippen LogP contribution in [0.25, 0.3) is 5.69 Å². The minimum atomic E-state index is -0.709. The molecule has 0 atom stereocenters. The summed E-state index contributed by atoms with van der Waals surface area (Å²) in [7, 11) is 1.60. The fourth-order valence-electron chi connectivity index (χ4n) is 2.83. The number of aromatic nitrogens is 4. The number of hydrogen-bond acceptors (Lipinski definition) is 7. The van der Waals surface area contributed by atoms with E-state index in [0.29, 0.717) is 18.0 Å². The van der Waals surface area contributed by atoms with Crippen molar-refractivity contribution in [1.29, 1.82) is 5.26 Å². The smallest absolute Gasteiger partial charge is 0.231 e. The first-order chi connectivity index (χ1) is 12.2. The maximum atomic E-state index is 12.2. The highest BCUT2D eigenvalue weighted by molar-refractivity contribution is 7.99. The zero-order chi connectivity index (χ0) is 17.7. The molecule has 1 aliphatic rings. The largest absolute Gasteiger partial charge is 0.497 e. The monoisotopic (exact) mass is 358 g/mol. The molecule has 1 saturated carbocycles. The van der Waals surface area contributed by atoms with Crippen molar-refractivity contribution in [2.75, 3.05) is 12.9 Å². The third-order valence-electron chi connectivity index (χ3n) is 4.14. The van der Waals surface area contributed by atoms with Crippen molar-refractivity contribution in [3.05, 3.63) is 24.3 Å². The summed E-state index contributed by atoms with van der Waals surface area (Å²) in [6.45, 7) is 0.